The molecule has 0 amide bonds. The Morgan fingerprint density at radius 1 is 1.00 bits per heavy atom. The number of ether oxygens (including phenoxy) is 1. The molecular weight excluding hydrogens is 396 g/mol. The second kappa shape index (κ2) is 8.51. The lowest BCUT2D eigenvalue weighted by molar-refractivity contribution is 0.0272. The molecule has 2 aromatic carbocycles. The second-order valence-corrected chi connectivity index (χ2v) is 7.63. The van der Waals surface area contributed by atoms with Gasteiger partial charge in [-0.2, -0.15) is 5.10 Å². The van der Waals surface area contributed by atoms with Crippen LogP contribution in [0.4, 0.5) is 0 Å². The Morgan fingerprint density at radius 3 is 2.39 bits per heavy atom. The minimum Gasteiger partial charge on any atom is -0.448 e. The second-order valence-electron chi connectivity index (χ2n) is 7.63. The molecule has 0 aliphatic carbocycles. The maximum atomic E-state index is 13.0. The fraction of sp³-hybridized carbons (Fsp3) is 0.261. The largest absolute Gasteiger partial charge is 0.448 e. The fourth-order valence-electron chi connectivity index (χ4n) is 3.22. The van der Waals surface area contributed by atoms with Crippen molar-refractivity contribution in [2.24, 2.45) is 5.92 Å². The van der Waals surface area contributed by atoms with Gasteiger partial charge in [-0.25, -0.2) is 9.48 Å². The van der Waals surface area contributed by atoms with Crippen molar-refractivity contribution in [2.45, 2.75) is 33.4 Å². The molecule has 4 rings (SSSR count). The van der Waals surface area contributed by atoms with Crippen LogP contribution in [-0.4, -0.2) is 25.9 Å². The topological polar surface area (TPSA) is 100 Å². The first-order valence-electron chi connectivity index (χ1n) is 10.0. The molecule has 0 fully saturated rings. The van der Waals surface area contributed by atoms with Crippen molar-refractivity contribution >= 4 is 16.7 Å². The van der Waals surface area contributed by atoms with Crippen molar-refractivity contribution < 1.29 is 13.9 Å². The van der Waals surface area contributed by atoms with E-state index in [0.717, 1.165) is 5.56 Å². The summed E-state index contributed by atoms with van der Waals surface area (Å²) in [6.07, 6.45) is -0.788. The SMILES string of the molecule is CC(C)Cn1nc(C(=O)O[C@@H](C)c2nnc(-c3ccccc3)o2)c2ccccc2c1=O. The molecule has 0 N–H and O–H groups in total. The maximum absolute atomic E-state index is 13.0. The summed E-state index contributed by atoms with van der Waals surface area (Å²) in [5.41, 5.74) is 0.608. The van der Waals surface area contributed by atoms with E-state index < -0.39 is 12.1 Å². The van der Waals surface area contributed by atoms with Crippen molar-refractivity contribution in [3.8, 4) is 11.5 Å². The molecule has 1 atom stereocenters. The van der Waals surface area contributed by atoms with Crippen LogP contribution in [-0.2, 0) is 11.3 Å². The Labute approximate surface area is 178 Å². The standard InChI is InChI=1S/C23H22N4O4/c1-14(2)13-27-22(28)18-12-8-7-11-17(18)19(26-27)23(29)30-15(3)20-24-25-21(31-20)16-9-5-4-6-10-16/h4-12,14-15H,13H2,1-3H3/t15-/m0/s1. The van der Waals surface area contributed by atoms with E-state index >= 15 is 0 Å². The van der Waals surface area contributed by atoms with Gasteiger partial charge in [-0.05, 0) is 31.0 Å². The Morgan fingerprint density at radius 2 is 1.68 bits per heavy atom. The Bertz CT molecular complexity index is 1280. The van der Waals surface area contributed by atoms with E-state index in [0.29, 0.717) is 23.2 Å². The number of carbonyl (C=O) groups excluding carboxylic acids is 1. The van der Waals surface area contributed by atoms with Gasteiger partial charge in [0.1, 0.15) is 0 Å². The van der Waals surface area contributed by atoms with Crippen LogP contribution in [0, 0.1) is 5.92 Å². The predicted octanol–water partition coefficient (Wildman–Crippen LogP) is 4.02. The van der Waals surface area contributed by atoms with Crippen molar-refractivity contribution in [3.05, 3.63) is 76.5 Å². The van der Waals surface area contributed by atoms with Crippen molar-refractivity contribution in [1.82, 2.24) is 20.0 Å². The van der Waals surface area contributed by atoms with Crippen LogP contribution in [0.3, 0.4) is 0 Å². The zero-order chi connectivity index (χ0) is 22.0. The molecule has 0 bridgehead atoms. The summed E-state index contributed by atoms with van der Waals surface area (Å²) in [5.74, 6) is 0.0317. The third kappa shape index (κ3) is 4.23. The van der Waals surface area contributed by atoms with Gasteiger partial charge in [0.15, 0.2) is 11.8 Å². The number of esters is 1. The Balaban J connectivity index is 1.63. The molecule has 4 aromatic rings. The number of benzene rings is 2. The molecule has 158 valence electrons. The molecule has 2 aromatic heterocycles. The molecule has 0 aliphatic heterocycles. The number of carbonyl (C=O) groups is 1. The highest BCUT2D eigenvalue weighted by Crippen LogP contribution is 2.24. The number of hydrogen-bond acceptors (Lipinski definition) is 7. The first-order valence-corrected chi connectivity index (χ1v) is 10.0. The van der Waals surface area contributed by atoms with Crippen LogP contribution in [0.1, 0.15) is 43.3 Å². The van der Waals surface area contributed by atoms with E-state index in [-0.39, 0.29) is 23.1 Å². The minimum absolute atomic E-state index is 0.0745. The lowest BCUT2D eigenvalue weighted by Crippen LogP contribution is -2.28. The van der Waals surface area contributed by atoms with Crippen LogP contribution >= 0.6 is 0 Å². The summed E-state index contributed by atoms with van der Waals surface area (Å²) < 4.78 is 12.6. The van der Waals surface area contributed by atoms with Crippen LogP contribution < -0.4 is 5.56 Å². The number of aromatic nitrogens is 4. The molecule has 0 saturated carbocycles. The number of hydrogen-bond donors (Lipinski definition) is 0. The highest BCUT2D eigenvalue weighted by Gasteiger charge is 2.24. The third-order valence-electron chi connectivity index (χ3n) is 4.69. The molecule has 2 heterocycles. The summed E-state index contributed by atoms with van der Waals surface area (Å²) >= 11 is 0. The smallest absolute Gasteiger partial charge is 0.360 e. The number of fused-ring (bicyclic) bond motifs is 1. The average Bonchev–Trinajstić information content (AvgIpc) is 3.26. The molecule has 31 heavy (non-hydrogen) atoms. The molecule has 0 unspecified atom stereocenters. The van der Waals surface area contributed by atoms with Crippen molar-refractivity contribution in [3.63, 3.8) is 0 Å². The zero-order valence-electron chi connectivity index (χ0n) is 17.5. The van der Waals surface area contributed by atoms with Gasteiger partial charge in [0.25, 0.3) is 11.4 Å². The summed E-state index contributed by atoms with van der Waals surface area (Å²) in [5, 5.41) is 13.2. The van der Waals surface area contributed by atoms with Gasteiger partial charge in [0, 0.05) is 17.5 Å². The molecule has 8 nitrogen and oxygen atoms in total. The van der Waals surface area contributed by atoms with E-state index in [4.69, 9.17) is 9.15 Å². The van der Waals surface area contributed by atoms with Gasteiger partial charge >= 0.3 is 5.97 Å². The molecular formula is C23H22N4O4. The summed E-state index contributed by atoms with van der Waals surface area (Å²) in [4.78, 5) is 25.7. The monoisotopic (exact) mass is 418 g/mol. The van der Waals surface area contributed by atoms with E-state index in [2.05, 4.69) is 15.3 Å². The summed E-state index contributed by atoms with van der Waals surface area (Å²) in [6.45, 7) is 5.99. The Hall–Kier alpha value is -3.81. The van der Waals surface area contributed by atoms with Crippen molar-refractivity contribution in [1.29, 1.82) is 0 Å². The van der Waals surface area contributed by atoms with Gasteiger partial charge in [0.05, 0.1) is 5.39 Å². The number of nitrogens with zero attached hydrogens (tertiary/aromatic N) is 4. The van der Waals surface area contributed by atoms with Crippen LogP contribution in [0.15, 0.2) is 63.8 Å². The normalized spacial score (nSPS) is 12.3. The molecule has 0 aliphatic rings. The summed E-state index contributed by atoms with van der Waals surface area (Å²) in [6, 6.07) is 16.2. The van der Waals surface area contributed by atoms with Gasteiger partial charge < -0.3 is 9.15 Å². The van der Waals surface area contributed by atoms with Crippen molar-refractivity contribution in [2.75, 3.05) is 0 Å². The van der Waals surface area contributed by atoms with Gasteiger partial charge in [0.2, 0.25) is 5.89 Å². The highest BCUT2D eigenvalue weighted by molar-refractivity contribution is 6.02. The van der Waals surface area contributed by atoms with E-state index in [1.54, 1.807) is 31.2 Å². The van der Waals surface area contributed by atoms with E-state index in [1.807, 2.05) is 44.2 Å². The Kier molecular flexibility index (Phi) is 5.62. The van der Waals surface area contributed by atoms with Gasteiger partial charge in [-0.1, -0.05) is 50.2 Å². The predicted molar refractivity (Wildman–Crippen MR) is 114 cm³/mol. The maximum Gasteiger partial charge on any atom is 0.360 e. The molecule has 0 saturated heterocycles. The lowest BCUT2D eigenvalue weighted by Gasteiger charge is -2.13. The summed E-state index contributed by atoms with van der Waals surface area (Å²) in [7, 11) is 0. The lowest BCUT2D eigenvalue weighted by atomic mass is 10.1. The molecule has 8 heteroatoms. The third-order valence-corrected chi connectivity index (χ3v) is 4.69. The van der Waals surface area contributed by atoms with E-state index in [9.17, 15) is 9.59 Å². The van der Waals surface area contributed by atoms with Gasteiger partial charge in [-0.3, -0.25) is 4.79 Å². The van der Waals surface area contributed by atoms with E-state index in [1.165, 1.54) is 4.68 Å². The van der Waals surface area contributed by atoms with Crippen LogP contribution in [0.25, 0.3) is 22.2 Å². The molecule has 0 radical (unpaired) electrons. The minimum atomic E-state index is -0.788. The van der Waals surface area contributed by atoms with Crippen LogP contribution in [0.5, 0.6) is 0 Å². The average molecular weight is 418 g/mol. The zero-order valence-corrected chi connectivity index (χ0v) is 17.5. The highest BCUT2D eigenvalue weighted by atomic mass is 16.6. The first-order chi connectivity index (χ1) is 14.9. The fourth-order valence-corrected chi connectivity index (χ4v) is 3.22. The molecule has 0 spiro atoms. The van der Waals surface area contributed by atoms with Gasteiger partial charge in [-0.15, -0.1) is 10.2 Å². The number of rotatable bonds is 6. The van der Waals surface area contributed by atoms with Crippen LogP contribution in [0.2, 0.25) is 0 Å². The quantitative estimate of drug-likeness (QED) is 0.436. The first kappa shape index (κ1) is 20.5.